The lowest BCUT2D eigenvalue weighted by molar-refractivity contribution is -0.123. The third-order valence-electron chi connectivity index (χ3n) is 4.77. The molecule has 2 aromatic carbocycles. The first kappa shape index (κ1) is 20.7. The van der Waals surface area contributed by atoms with E-state index in [1.54, 1.807) is 49.9 Å². The van der Waals surface area contributed by atoms with E-state index >= 15 is 0 Å². The maximum Gasteiger partial charge on any atom is 0.238 e. The fourth-order valence-electron chi connectivity index (χ4n) is 2.88. The van der Waals surface area contributed by atoms with Gasteiger partial charge in [-0.2, -0.15) is 0 Å². The highest BCUT2D eigenvalue weighted by atomic mass is 35.5. The highest BCUT2D eigenvalue weighted by molar-refractivity contribution is 8.00. The third-order valence-corrected chi connectivity index (χ3v) is 6.65. The van der Waals surface area contributed by atoms with E-state index in [0.717, 1.165) is 5.56 Å². The molecule has 1 atom stereocenters. The number of nitrogens with one attached hydrogen (secondary N) is 1. The molecule has 1 fully saturated rings. The first-order valence-electron chi connectivity index (χ1n) is 8.91. The smallest absolute Gasteiger partial charge is 0.238 e. The number of anilines is 2. The minimum Gasteiger partial charge on any atom is -0.326 e. The number of carbonyl (C=O) groups is 2. The molecular formula is C21H22ClFN2O2S. The Kier molecular flexibility index (Phi) is 6.01. The molecule has 0 spiro atoms. The lowest BCUT2D eigenvalue weighted by atomic mass is 9.95. The Hall–Kier alpha value is -2.05. The summed E-state index contributed by atoms with van der Waals surface area (Å²) in [6.45, 7) is 5.24. The number of thioether (sulfide) groups is 1. The highest BCUT2D eigenvalue weighted by Gasteiger charge is 2.35. The van der Waals surface area contributed by atoms with Crippen molar-refractivity contribution in [1.29, 1.82) is 0 Å². The van der Waals surface area contributed by atoms with Gasteiger partial charge < -0.3 is 5.32 Å². The molecule has 4 nitrogen and oxygen atoms in total. The summed E-state index contributed by atoms with van der Waals surface area (Å²) >= 11 is 7.35. The number of benzene rings is 2. The molecule has 28 heavy (non-hydrogen) atoms. The molecule has 0 bridgehead atoms. The zero-order valence-electron chi connectivity index (χ0n) is 16.0. The maximum absolute atomic E-state index is 14.0. The minimum atomic E-state index is -0.667. The van der Waals surface area contributed by atoms with Crippen LogP contribution in [-0.4, -0.2) is 23.4 Å². The zero-order valence-corrected chi connectivity index (χ0v) is 17.5. The predicted octanol–water partition coefficient (Wildman–Crippen LogP) is 5.12. The molecule has 0 unspecified atom stereocenters. The Morgan fingerprint density at radius 2 is 1.96 bits per heavy atom. The van der Waals surface area contributed by atoms with Gasteiger partial charge in [-0.3, -0.25) is 14.5 Å². The summed E-state index contributed by atoms with van der Waals surface area (Å²) in [5.74, 6) is 0.0199. The second kappa shape index (κ2) is 8.13. The summed E-state index contributed by atoms with van der Waals surface area (Å²) in [5.41, 5.74) is 1.94. The van der Waals surface area contributed by atoms with Gasteiger partial charge in [0.05, 0.1) is 16.9 Å². The number of rotatable bonds is 5. The number of hydrogen-bond acceptors (Lipinski definition) is 3. The summed E-state index contributed by atoms with van der Waals surface area (Å²) < 4.78 is 14.0. The normalized spacial score (nSPS) is 17.1. The predicted molar refractivity (Wildman–Crippen MR) is 113 cm³/mol. The number of nitrogens with zero attached hydrogens (tertiary/aromatic N) is 1. The number of amides is 2. The molecule has 7 heteroatoms. The zero-order chi connectivity index (χ0) is 20.5. The van der Waals surface area contributed by atoms with E-state index in [4.69, 9.17) is 11.6 Å². The van der Waals surface area contributed by atoms with Crippen LogP contribution in [0.4, 0.5) is 15.8 Å². The molecule has 1 aliphatic rings. The molecule has 0 radical (unpaired) electrons. The van der Waals surface area contributed by atoms with Crippen LogP contribution in [0.2, 0.25) is 0 Å². The van der Waals surface area contributed by atoms with E-state index in [2.05, 4.69) is 5.32 Å². The van der Waals surface area contributed by atoms with Crippen LogP contribution in [0, 0.1) is 18.2 Å². The molecule has 1 heterocycles. The number of halogens is 2. The van der Waals surface area contributed by atoms with Crippen molar-refractivity contribution < 1.29 is 14.0 Å². The van der Waals surface area contributed by atoms with Crippen molar-refractivity contribution in [2.75, 3.05) is 21.8 Å². The van der Waals surface area contributed by atoms with Gasteiger partial charge in [0.25, 0.3) is 0 Å². The van der Waals surface area contributed by atoms with Gasteiger partial charge in [0.15, 0.2) is 0 Å². The van der Waals surface area contributed by atoms with Crippen LogP contribution in [0.1, 0.15) is 30.3 Å². The Morgan fingerprint density at radius 1 is 1.29 bits per heavy atom. The van der Waals surface area contributed by atoms with Crippen molar-refractivity contribution in [3.8, 4) is 0 Å². The van der Waals surface area contributed by atoms with E-state index in [-0.39, 0.29) is 28.9 Å². The van der Waals surface area contributed by atoms with Gasteiger partial charge in [0, 0.05) is 17.1 Å². The Balaban J connectivity index is 1.84. The molecule has 1 N–H and O–H groups in total. The molecular weight excluding hydrogens is 399 g/mol. The first-order chi connectivity index (χ1) is 13.2. The van der Waals surface area contributed by atoms with Crippen molar-refractivity contribution in [3.05, 3.63) is 59.4 Å². The van der Waals surface area contributed by atoms with Gasteiger partial charge >= 0.3 is 0 Å². The van der Waals surface area contributed by atoms with Crippen molar-refractivity contribution in [1.82, 2.24) is 0 Å². The molecule has 3 rings (SSSR count). The summed E-state index contributed by atoms with van der Waals surface area (Å²) in [7, 11) is 0. The third kappa shape index (κ3) is 4.03. The second-order valence-corrected chi connectivity index (χ2v) is 8.74. The highest BCUT2D eigenvalue weighted by Crippen LogP contribution is 2.43. The number of hydrogen-bond donors (Lipinski definition) is 1. The summed E-state index contributed by atoms with van der Waals surface area (Å²) in [4.78, 5) is 26.4. The van der Waals surface area contributed by atoms with Crippen LogP contribution in [0.5, 0.6) is 0 Å². The molecule has 0 saturated carbocycles. The van der Waals surface area contributed by atoms with E-state index in [0.29, 0.717) is 22.7 Å². The summed E-state index contributed by atoms with van der Waals surface area (Å²) in [6.07, 6.45) is 0. The average molecular weight is 421 g/mol. The molecule has 1 aliphatic heterocycles. The first-order valence-corrected chi connectivity index (χ1v) is 10.5. The standard InChI is InChI=1S/C21H22ClFN2O2S/c1-13-16(23)5-4-6-17(13)25-18(26)11-28-19(25)14-7-9-15(10-8-14)24-20(27)21(2,3)12-22/h4-10,19H,11-12H2,1-3H3,(H,24,27)/t19-/m0/s1. The van der Waals surface area contributed by atoms with Gasteiger partial charge in [-0.05, 0) is 50.6 Å². The summed E-state index contributed by atoms with van der Waals surface area (Å²) in [5, 5.41) is 2.62. The summed E-state index contributed by atoms with van der Waals surface area (Å²) in [6, 6.07) is 12.1. The molecule has 148 valence electrons. The van der Waals surface area contributed by atoms with Gasteiger partial charge in [-0.15, -0.1) is 23.4 Å². The largest absolute Gasteiger partial charge is 0.326 e. The van der Waals surface area contributed by atoms with Crippen LogP contribution in [0.3, 0.4) is 0 Å². The number of carbonyl (C=O) groups excluding carboxylic acids is 2. The van der Waals surface area contributed by atoms with Crippen molar-refractivity contribution in [2.45, 2.75) is 26.1 Å². The Bertz CT molecular complexity index is 902. The van der Waals surface area contributed by atoms with E-state index in [9.17, 15) is 14.0 Å². The maximum atomic E-state index is 14.0. The molecule has 0 aromatic heterocycles. The van der Waals surface area contributed by atoms with Crippen LogP contribution in [-0.2, 0) is 9.59 Å². The molecule has 2 aromatic rings. The van der Waals surface area contributed by atoms with Crippen LogP contribution in [0.25, 0.3) is 0 Å². The minimum absolute atomic E-state index is 0.0510. The van der Waals surface area contributed by atoms with Crippen LogP contribution >= 0.6 is 23.4 Å². The monoisotopic (exact) mass is 420 g/mol. The van der Waals surface area contributed by atoms with E-state index < -0.39 is 5.41 Å². The van der Waals surface area contributed by atoms with Crippen LogP contribution in [0.15, 0.2) is 42.5 Å². The SMILES string of the molecule is Cc1c(F)cccc1N1C(=O)CS[C@H]1c1ccc(NC(=O)C(C)(C)CCl)cc1. The lowest BCUT2D eigenvalue weighted by Crippen LogP contribution is -2.32. The Morgan fingerprint density at radius 3 is 2.61 bits per heavy atom. The van der Waals surface area contributed by atoms with E-state index in [1.165, 1.54) is 17.8 Å². The van der Waals surface area contributed by atoms with Crippen molar-refractivity contribution >= 4 is 46.6 Å². The topological polar surface area (TPSA) is 49.4 Å². The fraction of sp³-hybridized carbons (Fsp3) is 0.333. The molecule has 0 aliphatic carbocycles. The van der Waals surface area contributed by atoms with Crippen molar-refractivity contribution in [3.63, 3.8) is 0 Å². The molecule has 1 saturated heterocycles. The van der Waals surface area contributed by atoms with Gasteiger partial charge in [0.2, 0.25) is 11.8 Å². The number of alkyl halides is 1. The lowest BCUT2D eigenvalue weighted by Gasteiger charge is -2.26. The van der Waals surface area contributed by atoms with Gasteiger partial charge in [-0.25, -0.2) is 4.39 Å². The molecule has 2 amide bonds. The Labute approximate surface area is 173 Å². The quantitative estimate of drug-likeness (QED) is 0.683. The van der Waals surface area contributed by atoms with Gasteiger partial charge in [-0.1, -0.05) is 18.2 Å². The second-order valence-electron chi connectivity index (χ2n) is 7.40. The van der Waals surface area contributed by atoms with E-state index in [1.807, 2.05) is 12.1 Å². The average Bonchev–Trinajstić information content (AvgIpc) is 3.06. The van der Waals surface area contributed by atoms with Crippen molar-refractivity contribution in [2.24, 2.45) is 5.41 Å². The fourth-order valence-corrected chi connectivity index (χ4v) is 4.17. The van der Waals surface area contributed by atoms with Crippen LogP contribution < -0.4 is 10.2 Å². The van der Waals surface area contributed by atoms with Gasteiger partial charge in [0.1, 0.15) is 11.2 Å².